The van der Waals surface area contributed by atoms with Crippen molar-refractivity contribution in [1.82, 2.24) is 24.8 Å². The highest BCUT2D eigenvalue weighted by Gasteiger charge is 2.24. The fraction of sp³-hybridized carbons (Fsp3) is 0.150. The second-order valence-electron chi connectivity index (χ2n) is 6.62. The van der Waals surface area contributed by atoms with Gasteiger partial charge < -0.3 is 10.4 Å². The molecular formula is C20H18Br3ClN6O4. The van der Waals surface area contributed by atoms with Crippen molar-refractivity contribution in [3.05, 3.63) is 66.4 Å². The van der Waals surface area contributed by atoms with Crippen LogP contribution in [0.5, 0.6) is 0 Å². The number of carboxylic acid groups (broad SMARTS) is 1. The second-order valence-corrected chi connectivity index (χ2v) is 9.61. The highest BCUT2D eigenvalue weighted by molar-refractivity contribution is 9.11. The van der Waals surface area contributed by atoms with Crippen LogP contribution in [0, 0.1) is 0 Å². The molecule has 0 spiro atoms. The predicted molar refractivity (Wildman–Crippen MR) is 138 cm³/mol. The summed E-state index contributed by atoms with van der Waals surface area (Å²) in [5.74, 6) is -0.493. The molecule has 0 aliphatic heterocycles. The molecule has 14 heteroatoms. The van der Waals surface area contributed by atoms with Gasteiger partial charge in [-0.05, 0) is 56.1 Å². The molecule has 0 fully saturated rings. The summed E-state index contributed by atoms with van der Waals surface area (Å²) in [5.41, 5.74) is 0.802. The van der Waals surface area contributed by atoms with E-state index in [9.17, 15) is 9.59 Å². The van der Waals surface area contributed by atoms with E-state index in [2.05, 4.69) is 63.2 Å². The van der Waals surface area contributed by atoms with Crippen LogP contribution >= 0.6 is 59.4 Å². The van der Waals surface area contributed by atoms with Crippen LogP contribution in [0.1, 0.15) is 20.8 Å². The summed E-state index contributed by atoms with van der Waals surface area (Å²) in [6.07, 6.45) is 1.55. The number of hydrogen-bond donors (Lipinski definition) is 2. The Morgan fingerprint density at radius 3 is 2.41 bits per heavy atom. The second kappa shape index (κ2) is 12.4. The fourth-order valence-electron chi connectivity index (χ4n) is 2.61. The third-order valence-corrected chi connectivity index (χ3v) is 6.04. The molecule has 0 atom stereocenters. The van der Waals surface area contributed by atoms with Crippen molar-refractivity contribution in [3.8, 4) is 5.82 Å². The molecule has 180 valence electrons. The standard InChI is InChI=1S/C19H16Br3ClN6O2.CH2O2/c1-27(2)28(3)19(31)11-7-10(20)8-12(21)16(11)25-18(30)14-9-15(22)26-29(14)17-13(23)5-4-6-24-17;2-1-3/h4-9H,1-3H3,(H,25,30);1H,(H,2,3). The van der Waals surface area contributed by atoms with Crippen molar-refractivity contribution in [2.45, 2.75) is 0 Å². The van der Waals surface area contributed by atoms with Gasteiger partial charge in [0, 0.05) is 42.4 Å². The summed E-state index contributed by atoms with van der Waals surface area (Å²) in [4.78, 5) is 38.8. The predicted octanol–water partition coefficient (Wildman–Crippen LogP) is 4.71. The first-order chi connectivity index (χ1) is 16.0. The molecule has 34 heavy (non-hydrogen) atoms. The number of carbonyl (C=O) groups excluding carboxylic acids is 2. The Kier molecular flexibility index (Phi) is 10.2. The van der Waals surface area contributed by atoms with Crippen molar-refractivity contribution >= 4 is 83.4 Å². The van der Waals surface area contributed by atoms with Gasteiger partial charge in [-0.25, -0.2) is 14.7 Å². The van der Waals surface area contributed by atoms with Crippen LogP contribution in [0.2, 0.25) is 5.02 Å². The quantitative estimate of drug-likeness (QED) is 0.296. The highest BCUT2D eigenvalue weighted by atomic mass is 79.9. The van der Waals surface area contributed by atoms with Crippen LogP contribution in [-0.4, -0.2) is 69.3 Å². The number of amides is 2. The average molecular weight is 682 g/mol. The number of benzene rings is 1. The Balaban J connectivity index is 0.00000129. The van der Waals surface area contributed by atoms with Crippen LogP contribution in [0.15, 0.2) is 50.1 Å². The van der Waals surface area contributed by atoms with Crippen molar-refractivity contribution in [3.63, 3.8) is 0 Å². The summed E-state index contributed by atoms with van der Waals surface area (Å²) < 4.78 is 2.98. The van der Waals surface area contributed by atoms with Gasteiger partial charge in [-0.3, -0.25) is 19.4 Å². The Hall–Kier alpha value is -2.32. The highest BCUT2D eigenvalue weighted by Crippen LogP contribution is 2.32. The first-order valence-electron chi connectivity index (χ1n) is 9.21. The van der Waals surface area contributed by atoms with Crippen molar-refractivity contribution in [2.75, 3.05) is 26.5 Å². The fourth-order valence-corrected chi connectivity index (χ4v) is 4.51. The van der Waals surface area contributed by atoms with Gasteiger partial charge in [0.05, 0.1) is 16.3 Å². The number of halogens is 4. The zero-order valence-corrected chi connectivity index (χ0v) is 23.5. The molecule has 0 aliphatic rings. The SMILES string of the molecule is CN(C)N(C)C(=O)c1cc(Br)cc(Br)c1NC(=O)c1cc(Br)nn1-c1ncccc1Cl.O=CO. The number of pyridine rings is 1. The number of nitrogens with zero attached hydrogens (tertiary/aromatic N) is 5. The van der Waals surface area contributed by atoms with E-state index in [1.807, 2.05) is 0 Å². The summed E-state index contributed by atoms with van der Waals surface area (Å²) in [7, 11) is 5.13. The lowest BCUT2D eigenvalue weighted by Crippen LogP contribution is -2.39. The summed E-state index contributed by atoms with van der Waals surface area (Å²) in [6, 6.07) is 8.26. The number of anilines is 1. The molecule has 2 amide bonds. The molecule has 1 aromatic carbocycles. The molecule has 3 rings (SSSR count). The molecule has 2 heterocycles. The van der Waals surface area contributed by atoms with Gasteiger partial charge in [-0.2, -0.15) is 5.10 Å². The van der Waals surface area contributed by atoms with E-state index in [0.717, 1.165) is 0 Å². The number of rotatable bonds is 5. The van der Waals surface area contributed by atoms with Gasteiger partial charge in [-0.15, -0.1) is 0 Å². The van der Waals surface area contributed by atoms with E-state index in [1.54, 1.807) is 62.7 Å². The van der Waals surface area contributed by atoms with Gasteiger partial charge in [0.1, 0.15) is 10.3 Å². The zero-order valence-electron chi connectivity index (χ0n) is 18.0. The first kappa shape index (κ1) is 27.9. The van der Waals surface area contributed by atoms with Gasteiger partial charge >= 0.3 is 0 Å². The van der Waals surface area contributed by atoms with E-state index < -0.39 is 5.91 Å². The Bertz CT molecular complexity index is 1220. The Labute approximate surface area is 225 Å². The van der Waals surface area contributed by atoms with Crippen molar-refractivity contribution in [2.24, 2.45) is 0 Å². The molecule has 0 radical (unpaired) electrons. The topological polar surface area (TPSA) is 121 Å². The molecule has 3 aromatic rings. The molecular weight excluding hydrogens is 663 g/mol. The summed E-state index contributed by atoms with van der Waals surface area (Å²) >= 11 is 16.4. The lowest BCUT2D eigenvalue weighted by atomic mass is 10.1. The number of carbonyl (C=O) groups is 3. The van der Waals surface area contributed by atoms with Gasteiger partial charge in [0.25, 0.3) is 18.3 Å². The van der Waals surface area contributed by atoms with Crippen molar-refractivity contribution in [1.29, 1.82) is 0 Å². The van der Waals surface area contributed by atoms with Crippen LogP contribution in [0.3, 0.4) is 0 Å². The molecule has 2 N–H and O–H groups in total. The smallest absolute Gasteiger partial charge is 0.290 e. The van der Waals surface area contributed by atoms with E-state index in [-0.39, 0.29) is 18.1 Å². The third kappa shape index (κ3) is 6.63. The maximum atomic E-state index is 13.2. The van der Waals surface area contributed by atoms with E-state index in [4.69, 9.17) is 21.5 Å². The van der Waals surface area contributed by atoms with Crippen LogP contribution < -0.4 is 5.32 Å². The van der Waals surface area contributed by atoms with E-state index in [0.29, 0.717) is 35.6 Å². The lowest BCUT2D eigenvalue weighted by molar-refractivity contribution is -0.122. The lowest BCUT2D eigenvalue weighted by Gasteiger charge is -2.25. The van der Waals surface area contributed by atoms with Crippen LogP contribution in [-0.2, 0) is 4.79 Å². The number of hydrazine groups is 1. The van der Waals surface area contributed by atoms with Gasteiger partial charge in [0.15, 0.2) is 5.82 Å². The molecule has 0 saturated heterocycles. The molecule has 0 bridgehead atoms. The Morgan fingerprint density at radius 2 is 1.82 bits per heavy atom. The summed E-state index contributed by atoms with van der Waals surface area (Å²) in [6.45, 7) is -0.250. The monoisotopic (exact) mass is 678 g/mol. The number of hydrogen-bond acceptors (Lipinski definition) is 6. The minimum atomic E-state index is -0.496. The average Bonchev–Trinajstić information content (AvgIpc) is 3.16. The minimum absolute atomic E-state index is 0.182. The van der Waals surface area contributed by atoms with Gasteiger partial charge in [-0.1, -0.05) is 27.5 Å². The van der Waals surface area contributed by atoms with Crippen LogP contribution in [0.4, 0.5) is 5.69 Å². The molecule has 0 saturated carbocycles. The Morgan fingerprint density at radius 1 is 1.18 bits per heavy atom. The van der Waals surface area contributed by atoms with Crippen molar-refractivity contribution < 1.29 is 19.5 Å². The third-order valence-electron chi connectivity index (χ3n) is 4.27. The first-order valence-corrected chi connectivity index (χ1v) is 12.0. The van der Waals surface area contributed by atoms with E-state index in [1.165, 1.54) is 9.69 Å². The molecule has 0 aliphatic carbocycles. The number of nitrogens with one attached hydrogen (secondary N) is 1. The largest absolute Gasteiger partial charge is 0.483 e. The molecule has 2 aromatic heterocycles. The maximum absolute atomic E-state index is 13.2. The number of aromatic nitrogens is 3. The molecule has 0 unspecified atom stereocenters. The summed E-state index contributed by atoms with van der Waals surface area (Å²) in [5, 5.41) is 17.4. The zero-order chi connectivity index (χ0) is 25.6. The minimum Gasteiger partial charge on any atom is -0.483 e. The van der Waals surface area contributed by atoms with E-state index >= 15 is 0 Å². The maximum Gasteiger partial charge on any atom is 0.290 e. The van der Waals surface area contributed by atoms with Crippen LogP contribution in [0.25, 0.3) is 5.82 Å². The molecule has 10 nitrogen and oxygen atoms in total. The normalized spacial score (nSPS) is 10.4. The van der Waals surface area contributed by atoms with Gasteiger partial charge in [0.2, 0.25) is 0 Å².